The number of pyridine rings is 1. The van der Waals surface area contributed by atoms with Gasteiger partial charge in [-0.3, -0.25) is 18.8 Å². The van der Waals surface area contributed by atoms with Gasteiger partial charge >= 0.3 is 11.8 Å². The molecule has 0 radical (unpaired) electrons. The van der Waals surface area contributed by atoms with Crippen LogP contribution in [0.5, 0.6) is 17.2 Å². The van der Waals surface area contributed by atoms with Crippen molar-refractivity contribution in [3.8, 4) is 17.2 Å². The van der Waals surface area contributed by atoms with Gasteiger partial charge in [-0.05, 0) is 44.5 Å². The van der Waals surface area contributed by atoms with E-state index in [1.807, 2.05) is 13.0 Å². The molecule has 310 valence electrons. The molecular formula is C43H51N3O12. The van der Waals surface area contributed by atoms with Crippen molar-refractivity contribution in [1.29, 1.82) is 0 Å². The molecule has 2 aromatic carbocycles. The van der Waals surface area contributed by atoms with E-state index in [1.54, 1.807) is 63.4 Å². The van der Waals surface area contributed by atoms with E-state index in [-0.39, 0.29) is 44.4 Å². The molecule has 8 rings (SSSR count). The summed E-state index contributed by atoms with van der Waals surface area (Å²) in [6.45, 7) is 14.7. The number of ether oxygens (including phenoxy) is 5. The second kappa shape index (κ2) is 14.6. The van der Waals surface area contributed by atoms with Crippen molar-refractivity contribution in [3.05, 3.63) is 59.5 Å². The lowest BCUT2D eigenvalue weighted by molar-refractivity contribution is -0.160. The number of aliphatic hydroxyl groups excluding tert-OH is 2. The summed E-state index contributed by atoms with van der Waals surface area (Å²) in [6.07, 6.45) is 3.35. The third-order valence-electron chi connectivity index (χ3n) is 12.3. The first-order valence-corrected chi connectivity index (χ1v) is 19.4. The molecule has 2 aromatic heterocycles. The van der Waals surface area contributed by atoms with Crippen LogP contribution in [0.2, 0.25) is 0 Å². The maximum absolute atomic E-state index is 14.6. The van der Waals surface area contributed by atoms with Crippen molar-refractivity contribution in [2.45, 2.75) is 104 Å². The van der Waals surface area contributed by atoms with Gasteiger partial charge < -0.3 is 49.4 Å². The van der Waals surface area contributed by atoms with Crippen molar-refractivity contribution in [2.24, 2.45) is 23.7 Å². The highest BCUT2D eigenvalue weighted by atomic mass is 16.7. The molecule has 4 aliphatic rings. The summed E-state index contributed by atoms with van der Waals surface area (Å²) in [7, 11) is 1.46. The van der Waals surface area contributed by atoms with E-state index in [9.17, 15) is 34.8 Å². The first kappa shape index (κ1) is 41.0. The lowest BCUT2D eigenvalue weighted by Gasteiger charge is -2.38. The molecule has 6 heterocycles. The van der Waals surface area contributed by atoms with Crippen LogP contribution in [-0.4, -0.2) is 96.5 Å². The second-order valence-corrected chi connectivity index (χ2v) is 16.4. The smallest absolute Gasteiger partial charge is 0.312 e. The van der Waals surface area contributed by atoms with Gasteiger partial charge in [0.15, 0.2) is 11.4 Å². The quantitative estimate of drug-likeness (QED) is 0.0748. The Bertz CT molecular complexity index is 2420. The zero-order chi connectivity index (χ0) is 42.3. The minimum atomic E-state index is -1.97. The monoisotopic (exact) mass is 801 g/mol. The minimum absolute atomic E-state index is 0.0106. The van der Waals surface area contributed by atoms with Crippen molar-refractivity contribution < 1.29 is 58.5 Å². The molecule has 11 atom stereocenters. The number of phenols is 2. The number of nitrogens with zero attached hydrogens (tertiary/aromatic N) is 2. The number of epoxide rings is 1. The molecule has 1 amide bonds. The minimum Gasteiger partial charge on any atom is -0.507 e. The number of carbonyl (C=O) groups excluding carboxylic acids is 3. The number of benzene rings is 2. The van der Waals surface area contributed by atoms with Gasteiger partial charge in [-0.15, -0.1) is 0 Å². The largest absolute Gasteiger partial charge is 0.507 e. The first-order chi connectivity index (χ1) is 27.2. The van der Waals surface area contributed by atoms with Gasteiger partial charge in [0.2, 0.25) is 0 Å². The first-order valence-electron chi connectivity index (χ1n) is 19.4. The summed E-state index contributed by atoms with van der Waals surface area (Å²) in [5.41, 5.74) is 0.466. The van der Waals surface area contributed by atoms with Crippen molar-refractivity contribution in [3.63, 3.8) is 0 Å². The predicted molar refractivity (Wildman–Crippen MR) is 213 cm³/mol. The molecule has 15 heteroatoms. The number of aryl methyl sites for hydroxylation is 1. The summed E-state index contributed by atoms with van der Waals surface area (Å²) >= 11 is 0. The van der Waals surface area contributed by atoms with E-state index in [1.165, 1.54) is 40.2 Å². The van der Waals surface area contributed by atoms with Crippen LogP contribution in [0.1, 0.15) is 70.0 Å². The Kier molecular flexibility index (Phi) is 10.3. The van der Waals surface area contributed by atoms with Crippen LogP contribution >= 0.6 is 0 Å². The highest BCUT2D eigenvalue weighted by molar-refractivity contribution is 6.28. The zero-order valence-corrected chi connectivity index (χ0v) is 34.2. The standard InChI is InChI=1S/C43H51N3O12/c1-18-13-15-46-27(17-18)44-31-28-29-36(50)23(6)39-30(28)40(52)43(9,58-39)55-16-14-25(54-10)20(3)38(56-24(7)47)22(5)35(49)21(4)34(48)19(2)11-12-26-42(8,57-26)41(53)45-32(33(31)46)37(29)51/h11-17,19-22,25-26,34-35,38,48-51H,1-10H3,(H,45,53)/b12-11+,16-14+/t19-,20+,21+,22+,25-,26?,34-,35+,38+,42?,43-/m0/s1. The molecule has 58 heavy (non-hydrogen) atoms. The number of ketones is 1. The number of fused-ring (bicyclic) bond motifs is 12. The van der Waals surface area contributed by atoms with Gasteiger partial charge in [0.25, 0.3) is 11.7 Å². The van der Waals surface area contributed by atoms with Crippen molar-refractivity contribution in [2.75, 3.05) is 12.4 Å². The van der Waals surface area contributed by atoms with E-state index >= 15 is 0 Å². The van der Waals surface area contributed by atoms with Gasteiger partial charge in [-0.1, -0.05) is 39.8 Å². The molecule has 0 aliphatic carbocycles. The SMILES string of the molecule is CO[C@H]1/C=C/O[C@@]2(C)Oc3c(C)c(O)c4c(O)c(c5c(nc6cc(C)ccn65)c4c3C2=O)NC(=O)C2(C)OC2/C=C/[C@H](C)[C@H](O)[C@@H](C)[C@@H](O)[C@@H](C)[C@H](OC(C)=O)[C@@H]1C. The van der Waals surface area contributed by atoms with Gasteiger partial charge in [0.05, 0.1) is 35.5 Å². The fourth-order valence-electron chi connectivity index (χ4n) is 8.52. The summed E-state index contributed by atoms with van der Waals surface area (Å²) < 4.78 is 31.4. The number of esters is 1. The number of aromatic hydroxyl groups is 2. The van der Waals surface area contributed by atoms with E-state index in [0.717, 1.165) is 5.56 Å². The van der Waals surface area contributed by atoms with Crippen molar-refractivity contribution >= 4 is 50.8 Å². The number of methoxy groups -OCH3 is 1. The molecule has 5 bridgehead atoms. The van der Waals surface area contributed by atoms with Crippen LogP contribution in [0, 0.1) is 37.5 Å². The topological polar surface area (TPSA) is 211 Å². The van der Waals surface area contributed by atoms with Gasteiger partial charge in [-0.25, -0.2) is 4.98 Å². The van der Waals surface area contributed by atoms with Crippen LogP contribution in [0.3, 0.4) is 0 Å². The molecule has 5 N–H and O–H groups in total. The lowest BCUT2D eigenvalue weighted by atomic mass is 9.78. The Morgan fingerprint density at radius 1 is 0.966 bits per heavy atom. The third kappa shape index (κ3) is 6.44. The average Bonchev–Trinajstić information content (AvgIpc) is 3.60. The van der Waals surface area contributed by atoms with E-state index in [4.69, 9.17) is 28.7 Å². The molecule has 0 saturated carbocycles. The number of hydrogen-bond acceptors (Lipinski definition) is 13. The molecule has 4 aromatic rings. The maximum atomic E-state index is 14.6. The number of phenolic OH excluding ortho intramolecular Hbond substituents is 2. The summed E-state index contributed by atoms with van der Waals surface area (Å²) in [5, 5.41) is 49.6. The molecule has 4 aliphatic heterocycles. The highest BCUT2D eigenvalue weighted by Crippen LogP contribution is 2.54. The Morgan fingerprint density at radius 2 is 1.67 bits per heavy atom. The number of Topliss-reactive ketones (excluding diaryl/α,β-unsaturated/α-hetero) is 1. The number of aromatic nitrogens is 2. The molecule has 2 unspecified atom stereocenters. The normalized spacial score (nSPS) is 34.1. The fraction of sp³-hybridized carbons (Fsp3) is 0.488. The third-order valence-corrected chi connectivity index (χ3v) is 12.3. The summed E-state index contributed by atoms with van der Waals surface area (Å²) in [5.74, 6) is -7.10. The Labute approximate surface area is 335 Å². The van der Waals surface area contributed by atoms with Gasteiger partial charge in [0.1, 0.15) is 46.1 Å². The number of carbonyl (C=O) groups is 3. The highest BCUT2D eigenvalue weighted by Gasteiger charge is 2.58. The van der Waals surface area contributed by atoms with Crippen LogP contribution in [0.4, 0.5) is 5.69 Å². The summed E-state index contributed by atoms with van der Waals surface area (Å²) in [6, 6.07) is 3.63. The Morgan fingerprint density at radius 3 is 2.34 bits per heavy atom. The van der Waals surface area contributed by atoms with Gasteiger partial charge in [-0.2, -0.15) is 0 Å². The van der Waals surface area contributed by atoms with E-state index < -0.39 is 94.7 Å². The van der Waals surface area contributed by atoms with Crippen LogP contribution in [-0.2, 0) is 28.5 Å². The van der Waals surface area contributed by atoms with Crippen LogP contribution in [0.15, 0.2) is 42.8 Å². The van der Waals surface area contributed by atoms with Crippen LogP contribution in [0.25, 0.3) is 27.5 Å². The van der Waals surface area contributed by atoms with Crippen molar-refractivity contribution in [1.82, 2.24) is 9.38 Å². The molecule has 15 nitrogen and oxygen atoms in total. The van der Waals surface area contributed by atoms with E-state index in [2.05, 4.69) is 5.32 Å². The zero-order valence-electron chi connectivity index (χ0n) is 34.2. The molecule has 0 spiro atoms. The number of imidazole rings is 1. The average molecular weight is 802 g/mol. The Hall–Kier alpha value is -5.22. The number of hydrogen-bond donors (Lipinski definition) is 5. The molecule has 1 saturated heterocycles. The maximum Gasteiger partial charge on any atom is 0.312 e. The fourth-order valence-corrected chi connectivity index (χ4v) is 8.52. The number of anilines is 1. The van der Waals surface area contributed by atoms with E-state index in [0.29, 0.717) is 5.65 Å². The Balaban J connectivity index is 1.42. The van der Waals surface area contributed by atoms with Gasteiger partial charge in [0, 0.05) is 61.8 Å². The second-order valence-electron chi connectivity index (χ2n) is 16.4. The summed E-state index contributed by atoms with van der Waals surface area (Å²) in [4.78, 5) is 46.0. The molecular weight excluding hydrogens is 750 g/mol. The van der Waals surface area contributed by atoms with Crippen LogP contribution < -0.4 is 10.1 Å². The number of nitrogens with one attached hydrogen (secondary N) is 1. The predicted octanol–water partition coefficient (Wildman–Crippen LogP) is 5.37. The molecule has 1 fully saturated rings. The number of rotatable bonds is 2. The number of aliphatic hydroxyl groups is 2. The lowest BCUT2D eigenvalue weighted by Crippen LogP contribution is -2.46. The number of amides is 1.